The Morgan fingerprint density at radius 1 is 1.31 bits per heavy atom. The standard InChI is InChI=1S/C12H19NO3/c1-12(5-2-6-12)11(16)13-9-4-3-8(7-9)10(14)15/h8-9H,2-7H2,1H3,(H,13,16)(H,14,15)/t8-,9+/m1/s1. The monoisotopic (exact) mass is 225 g/mol. The highest BCUT2D eigenvalue weighted by atomic mass is 16.4. The molecule has 0 aromatic carbocycles. The van der Waals surface area contributed by atoms with Crippen LogP contribution in [0, 0.1) is 11.3 Å². The molecular weight excluding hydrogens is 206 g/mol. The molecule has 0 aromatic heterocycles. The quantitative estimate of drug-likeness (QED) is 0.765. The smallest absolute Gasteiger partial charge is 0.306 e. The Hall–Kier alpha value is -1.06. The molecule has 90 valence electrons. The van der Waals surface area contributed by atoms with Crippen LogP contribution in [-0.4, -0.2) is 23.0 Å². The van der Waals surface area contributed by atoms with Crippen molar-refractivity contribution in [3.8, 4) is 0 Å². The molecule has 0 radical (unpaired) electrons. The minimum atomic E-state index is -0.730. The summed E-state index contributed by atoms with van der Waals surface area (Å²) >= 11 is 0. The minimum Gasteiger partial charge on any atom is -0.481 e. The lowest BCUT2D eigenvalue weighted by molar-refractivity contribution is -0.142. The molecule has 4 heteroatoms. The highest BCUT2D eigenvalue weighted by Gasteiger charge is 2.41. The second-order valence-corrected chi connectivity index (χ2v) is 5.43. The van der Waals surface area contributed by atoms with Gasteiger partial charge in [0.15, 0.2) is 0 Å². The van der Waals surface area contributed by atoms with Gasteiger partial charge in [-0.3, -0.25) is 9.59 Å². The molecule has 16 heavy (non-hydrogen) atoms. The second kappa shape index (κ2) is 4.07. The lowest BCUT2D eigenvalue weighted by Crippen LogP contribution is -2.46. The lowest BCUT2D eigenvalue weighted by Gasteiger charge is -2.37. The first-order valence-electron chi connectivity index (χ1n) is 6.05. The highest BCUT2D eigenvalue weighted by Crippen LogP contribution is 2.40. The van der Waals surface area contributed by atoms with Gasteiger partial charge in [-0.15, -0.1) is 0 Å². The van der Waals surface area contributed by atoms with Crippen molar-refractivity contribution < 1.29 is 14.7 Å². The van der Waals surface area contributed by atoms with Gasteiger partial charge in [0.1, 0.15) is 0 Å². The van der Waals surface area contributed by atoms with E-state index in [2.05, 4.69) is 5.32 Å². The van der Waals surface area contributed by atoms with Gasteiger partial charge in [0.25, 0.3) is 0 Å². The summed E-state index contributed by atoms with van der Waals surface area (Å²) in [6.07, 6.45) is 5.15. The number of rotatable bonds is 3. The Balaban J connectivity index is 1.83. The maximum atomic E-state index is 11.9. The van der Waals surface area contributed by atoms with E-state index in [1.54, 1.807) is 0 Å². The zero-order chi connectivity index (χ0) is 11.8. The SMILES string of the molecule is CC1(C(=O)N[C@H]2CC[C@@H](C(=O)O)C2)CCC1. The summed E-state index contributed by atoms with van der Waals surface area (Å²) in [5.74, 6) is -0.874. The summed E-state index contributed by atoms with van der Waals surface area (Å²) in [4.78, 5) is 22.7. The van der Waals surface area contributed by atoms with E-state index >= 15 is 0 Å². The topological polar surface area (TPSA) is 66.4 Å². The largest absolute Gasteiger partial charge is 0.481 e. The summed E-state index contributed by atoms with van der Waals surface area (Å²) in [5.41, 5.74) is -0.179. The summed E-state index contributed by atoms with van der Waals surface area (Å²) < 4.78 is 0. The third-order valence-electron chi connectivity index (χ3n) is 4.12. The van der Waals surface area contributed by atoms with Gasteiger partial charge in [-0.1, -0.05) is 13.3 Å². The normalized spacial score (nSPS) is 31.8. The molecule has 2 aliphatic carbocycles. The van der Waals surface area contributed by atoms with Crippen molar-refractivity contribution >= 4 is 11.9 Å². The number of carboxylic acid groups (broad SMARTS) is 1. The predicted molar refractivity (Wildman–Crippen MR) is 58.9 cm³/mol. The van der Waals surface area contributed by atoms with Gasteiger partial charge in [-0.25, -0.2) is 0 Å². The fraction of sp³-hybridized carbons (Fsp3) is 0.833. The fourth-order valence-electron chi connectivity index (χ4n) is 2.63. The van der Waals surface area contributed by atoms with E-state index in [0.29, 0.717) is 12.8 Å². The number of amides is 1. The van der Waals surface area contributed by atoms with Crippen molar-refractivity contribution in [2.75, 3.05) is 0 Å². The number of nitrogens with one attached hydrogen (secondary N) is 1. The molecule has 0 unspecified atom stereocenters. The number of aliphatic carboxylic acids is 1. The van der Waals surface area contributed by atoms with Crippen molar-refractivity contribution in [1.29, 1.82) is 0 Å². The van der Waals surface area contributed by atoms with Crippen LogP contribution >= 0.6 is 0 Å². The van der Waals surface area contributed by atoms with Crippen LogP contribution in [0.15, 0.2) is 0 Å². The summed E-state index contributed by atoms with van der Waals surface area (Å²) in [6.45, 7) is 2.00. The fourth-order valence-corrected chi connectivity index (χ4v) is 2.63. The van der Waals surface area contributed by atoms with Gasteiger partial charge in [0.2, 0.25) is 5.91 Å². The molecule has 2 aliphatic rings. The van der Waals surface area contributed by atoms with Crippen molar-refractivity contribution in [3.05, 3.63) is 0 Å². The molecule has 2 rings (SSSR count). The minimum absolute atomic E-state index is 0.0750. The average Bonchev–Trinajstić information content (AvgIpc) is 2.62. The predicted octanol–water partition coefficient (Wildman–Crippen LogP) is 1.55. The third-order valence-corrected chi connectivity index (χ3v) is 4.12. The Morgan fingerprint density at radius 2 is 2.00 bits per heavy atom. The number of hydrogen-bond donors (Lipinski definition) is 2. The summed E-state index contributed by atoms with van der Waals surface area (Å²) in [6, 6.07) is 0.0750. The van der Waals surface area contributed by atoms with Gasteiger partial charge in [-0.05, 0) is 32.1 Å². The van der Waals surface area contributed by atoms with Gasteiger partial charge >= 0.3 is 5.97 Å². The van der Waals surface area contributed by atoms with E-state index in [1.165, 1.54) is 0 Å². The van der Waals surface area contributed by atoms with Crippen molar-refractivity contribution in [1.82, 2.24) is 5.32 Å². The Morgan fingerprint density at radius 3 is 2.44 bits per heavy atom. The van der Waals surface area contributed by atoms with Crippen LogP contribution < -0.4 is 5.32 Å². The Kier molecular flexibility index (Phi) is 2.91. The maximum absolute atomic E-state index is 11.9. The first-order valence-corrected chi connectivity index (χ1v) is 6.05. The molecule has 2 fully saturated rings. The second-order valence-electron chi connectivity index (χ2n) is 5.43. The van der Waals surface area contributed by atoms with E-state index < -0.39 is 5.97 Å². The zero-order valence-electron chi connectivity index (χ0n) is 9.66. The molecule has 2 saturated carbocycles. The summed E-state index contributed by atoms with van der Waals surface area (Å²) in [5, 5.41) is 11.9. The van der Waals surface area contributed by atoms with Gasteiger partial charge in [0.05, 0.1) is 5.92 Å². The average molecular weight is 225 g/mol. The molecule has 2 N–H and O–H groups in total. The maximum Gasteiger partial charge on any atom is 0.306 e. The summed E-state index contributed by atoms with van der Waals surface area (Å²) in [7, 11) is 0. The van der Waals surface area contributed by atoms with E-state index in [0.717, 1.165) is 25.7 Å². The molecule has 2 atom stereocenters. The van der Waals surface area contributed by atoms with Crippen molar-refractivity contribution in [2.45, 2.75) is 51.5 Å². The van der Waals surface area contributed by atoms with Gasteiger partial charge in [0, 0.05) is 11.5 Å². The van der Waals surface area contributed by atoms with E-state index in [4.69, 9.17) is 5.11 Å². The van der Waals surface area contributed by atoms with Crippen LogP contribution in [0.5, 0.6) is 0 Å². The van der Waals surface area contributed by atoms with Crippen molar-refractivity contribution in [3.63, 3.8) is 0 Å². The molecule has 1 amide bonds. The molecule has 0 bridgehead atoms. The molecule has 0 spiro atoms. The van der Waals surface area contributed by atoms with Crippen LogP contribution in [0.2, 0.25) is 0 Å². The molecule has 0 aliphatic heterocycles. The van der Waals surface area contributed by atoms with E-state index in [1.807, 2.05) is 6.92 Å². The van der Waals surface area contributed by atoms with Crippen LogP contribution in [0.1, 0.15) is 45.4 Å². The van der Waals surface area contributed by atoms with Gasteiger partial charge < -0.3 is 10.4 Å². The highest BCUT2D eigenvalue weighted by molar-refractivity contribution is 5.83. The molecular formula is C12H19NO3. The third kappa shape index (κ3) is 2.06. The van der Waals surface area contributed by atoms with E-state index in [-0.39, 0.29) is 23.3 Å². The number of carbonyl (C=O) groups is 2. The van der Waals surface area contributed by atoms with Crippen molar-refractivity contribution in [2.24, 2.45) is 11.3 Å². The first-order chi connectivity index (χ1) is 7.51. The molecule has 0 aromatic rings. The van der Waals surface area contributed by atoms with E-state index in [9.17, 15) is 9.59 Å². The van der Waals surface area contributed by atoms with Crippen LogP contribution in [0.3, 0.4) is 0 Å². The van der Waals surface area contributed by atoms with Gasteiger partial charge in [-0.2, -0.15) is 0 Å². The number of carbonyl (C=O) groups excluding carboxylic acids is 1. The first kappa shape index (κ1) is 11.4. The number of carboxylic acids is 1. The van der Waals surface area contributed by atoms with Crippen LogP contribution in [0.4, 0.5) is 0 Å². The van der Waals surface area contributed by atoms with Crippen LogP contribution in [-0.2, 0) is 9.59 Å². The Bertz CT molecular complexity index is 309. The Labute approximate surface area is 95.4 Å². The molecule has 4 nitrogen and oxygen atoms in total. The molecule has 0 saturated heterocycles. The number of hydrogen-bond acceptors (Lipinski definition) is 2. The lowest BCUT2D eigenvalue weighted by atomic mass is 9.69. The zero-order valence-corrected chi connectivity index (χ0v) is 9.66. The van der Waals surface area contributed by atoms with Crippen LogP contribution in [0.25, 0.3) is 0 Å². The molecule has 0 heterocycles.